The van der Waals surface area contributed by atoms with Crippen molar-refractivity contribution in [1.82, 2.24) is 15.0 Å². The van der Waals surface area contributed by atoms with Crippen molar-refractivity contribution in [2.24, 2.45) is 5.92 Å². The fourth-order valence-corrected chi connectivity index (χ4v) is 4.47. The number of anilines is 1. The number of benzene rings is 1. The standard InChI is InChI=1S/C25H33F3N4O3S/c1-16-9-11-32(12-10-16)23-20(7-8-22(31-23)25(26,27)28)14-29-24(33)17(2)18-5-6-19(15-30-36(4)34)21(13-18)35-3/h5-8,13,16-17,30H,9-12,14-15H2,1-4H3,(H,29,33). The highest BCUT2D eigenvalue weighted by molar-refractivity contribution is 7.82. The number of rotatable bonds is 9. The minimum atomic E-state index is -4.54. The highest BCUT2D eigenvalue weighted by Gasteiger charge is 2.34. The molecule has 36 heavy (non-hydrogen) atoms. The van der Waals surface area contributed by atoms with Gasteiger partial charge in [-0.15, -0.1) is 0 Å². The van der Waals surface area contributed by atoms with Crippen LogP contribution in [0, 0.1) is 5.92 Å². The van der Waals surface area contributed by atoms with E-state index in [0.29, 0.717) is 36.9 Å². The van der Waals surface area contributed by atoms with Gasteiger partial charge >= 0.3 is 6.18 Å². The summed E-state index contributed by atoms with van der Waals surface area (Å²) in [4.78, 5) is 18.8. The molecule has 1 aromatic carbocycles. The molecule has 198 valence electrons. The van der Waals surface area contributed by atoms with E-state index in [2.05, 4.69) is 21.9 Å². The number of hydrogen-bond acceptors (Lipinski definition) is 5. The van der Waals surface area contributed by atoms with Gasteiger partial charge in [0.05, 0.1) is 24.0 Å². The number of nitrogens with one attached hydrogen (secondary N) is 2. The van der Waals surface area contributed by atoms with Gasteiger partial charge < -0.3 is 15.0 Å². The van der Waals surface area contributed by atoms with Crippen LogP contribution in [-0.2, 0) is 35.0 Å². The Balaban J connectivity index is 1.75. The molecule has 1 aromatic heterocycles. The summed E-state index contributed by atoms with van der Waals surface area (Å²) in [5, 5.41) is 2.86. The van der Waals surface area contributed by atoms with Gasteiger partial charge in [0.15, 0.2) is 0 Å². The number of carbonyl (C=O) groups is 1. The smallest absolute Gasteiger partial charge is 0.433 e. The first-order valence-corrected chi connectivity index (χ1v) is 13.4. The monoisotopic (exact) mass is 526 g/mol. The Morgan fingerprint density at radius 3 is 2.47 bits per heavy atom. The number of carbonyl (C=O) groups excluding carboxylic acids is 1. The number of halogens is 3. The number of amides is 1. The van der Waals surface area contributed by atoms with Crippen molar-refractivity contribution in [1.29, 1.82) is 0 Å². The van der Waals surface area contributed by atoms with E-state index in [-0.39, 0.29) is 18.3 Å². The first kappa shape index (κ1) is 27.9. The molecule has 0 aliphatic carbocycles. The van der Waals surface area contributed by atoms with Gasteiger partial charge in [-0.1, -0.05) is 25.1 Å². The summed E-state index contributed by atoms with van der Waals surface area (Å²) in [7, 11) is 0.353. The molecule has 3 rings (SSSR count). The van der Waals surface area contributed by atoms with E-state index in [1.807, 2.05) is 17.0 Å². The second-order valence-corrected chi connectivity index (χ2v) is 10.3. The summed E-state index contributed by atoms with van der Waals surface area (Å²) in [5.41, 5.74) is 1.14. The maximum atomic E-state index is 13.3. The number of methoxy groups -OCH3 is 1. The van der Waals surface area contributed by atoms with E-state index >= 15 is 0 Å². The van der Waals surface area contributed by atoms with Crippen molar-refractivity contribution in [2.45, 2.75) is 51.9 Å². The van der Waals surface area contributed by atoms with Gasteiger partial charge in [0.1, 0.15) is 17.3 Å². The fourth-order valence-electron chi connectivity index (χ4n) is 4.11. The van der Waals surface area contributed by atoms with Crippen LogP contribution in [0.25, 0.3) is 0 Å². The molecule has 11 heteroatoms. The van der Waals surface area contributed by atoms with Gasteiger partial charge in [0.2, 0.25) is 5.91 Å². The van der Waals surface area contributed by atoms with Crippen molar-refractivity contribution in [3.05, 3.63) is 52.7 Å². The molecule has 2 atom stereocenters. The number of nitrogens with zero attached hydrogens (tertiary/aromatic N) is 2. The predicted molar refractivity (Wildman–Crippen MR) is 134 cm³/mol. The molecule has 0 bridgehead atoms. The highest BCUT2D eigenvalue weighted by Crippen LogP contribution is 2.32. The Morgan fingerprint density at radius 2 is 1.86 bits per heavy atom. The lowest BCUT2D eigenvalue weighted by molar-refractivity contribution is -0.141. The molecule has 1 saturated heterocycles. The van der Waals surface area contributed by atoms with Gasteiger partial charge in [-0.25, -0.2) is 13.9 Å². The Bertz CT molecular complexity index is 1090. The SMILES string of the molecule is COc1cc(C(C)C(=O)NCc2ccc(C(F)(F)F)nc2N2CCC(C)CC2)ccc1CNS(C)=O. The summed E-state index contributed by atoms with van der Waals surface area (Å²) in [6, 6.07) is 7.74. The third-order valence-corrected chi connectivity index (χ3v) is 7.00. The molecule has 2 unspecified atom stereocenters. The zero-order chi connectivity index (χ0) is 26.5. The first-order chi connectivity index (χ1) is 17.0. The average Bonchev–Trinajstić information content (AvgIpc) is 2.85. The summed E-state index contributed by atoms with van der Waals surface area (Å²) >= 11 is 0. The summed E-state index contributed by atoms with van der Waals surface area (Å²) in [5.74, 6) is 0.563. The van der Waals surface area contributed by atoms with Crippen molar-refractivity contribution < 1.29 is 26.9 Å². The van der Waals surface area contributed by atoms with Gasteiger partial charge in [0.25, 0.3) is 0 Å². The van der Waals surface area contributed by atoms with Crippen molar-refractivity contribution in [3.63, 3.8) is 0 Å². The van der Waals surface area contributed by atoms with Crippen LogP contribution in [0.2, 0.25) is 0 Å². The van der Waals surface area contributed by atoms with Crippen LogP contribution in [0.15, 0.2) is 30.3 Å². The molecule has 1 aliphatic rings. The van der Waals surface area contributed by atoms with Crippen LogP contribution >= 0.6 is 0 Å². The van der Waals surface area contributed by atoms with Gasteiger partial charge in [-0.2, -0.15) is 13.2 Å². The molecule has 1 amide bonds. The molecule has 2 N–H and O–H groups in total. The van der Waals surface area contributed by atoms with Crippen molar-refractivity contribution >= 4 is 22.7 Å². The van der Waals surface area contributed by atoms with E-state index in [0.717, 1.165) is 30.0 Å². The number of hydrogen-bond donors (Lipinski definition) is 2. The van der Waals surface area contributed by atoms with E-state index in [9.17, 15) is 22.2 Å². The van der Waals surface area contributed by atoms with Crippen LogP contribution in [-0.4, -0.2) is 41.6 Å². The molecular weight excluding hydrogens is 493 g/mol. The Hall–Kier alpha value is -2.66. The molecular formula is C25H33F3N4O3S. The van der Waals surface area contributed by atoms with Gasteiger partial charge in [-0.05, 0) is 43.4 Å². The normalized spacial score (nSPS) is 16.5. The van der Waals surface area contributed by atoms with Crippen molar-refractivity contribution in [3.8, 4) is 5.75 Å². The predicted octanol–water partition coefficient (Wildman–Crippen LogP) is 4.15. The van der Waals surface area contributed by atoms with Gasteiger partial charge in [-0.3, -0.25) is 4.79 Å². The fraction of sp³-hybridized carbons (Fsp3) is 0.520. The number of piperidine rings is 1. The molecule has 2 aromatic rings. The quantitative estimate of drug-likeness (QED) is 0.513. The van der Waals surface area contributed by atoms with Crippen LogP contribution in [0.1, 0.15) is 55.0 Å². The summed E-state index contributed by atoms with van der Waals surface area (Å²) in [6.45, 7) is 5.55. The number of alkyl halides is 3. The number of aromatic nitrogens is 1. The van der Waals surface area contributed by atoms with E-state index < -0.39 is 28.8 Å². The lowest BCUT2D eigenvalue weighted by Crippen LogP contribution is -2.35. The van der Waals surface area contributed by atoms with Gasteiger partial charge in [0, 0.05) is 43.6 Å². The largest absolute Gasteiger partial charge is 0.496 e. The Morgan fingerprint density at radius 1 is 1.19 bits per heavy atom. The highest BCUT2D eigenvalue weighted by atomic mass is 32.2. The molecule has 0 radical (unpaired) electrons. The molecule has 0 spiro atoms. The minimum absolute atomic E-state index is 0.0666. The Kier molecular flexibility index (Phi) is 9.35. The lowest BCUT2D eigenvalue weighted by atomic mass is 9.98. The third-order valence-electron chi connectivity index (χ3n) is 6.45. The van der Waals surface area contributed by atoms with Crippen LogP contribution in [0.3, 0.4) is 0 Å². The zero-order valence-corrected chi connectivity index (χ0v) is 21.8. The van der Waals surface area contributed by atoms with Crippen LogP contribution in [0.5, 0.6) is 5.75 Å². The number of ether oxygens (including phenoxy) is 1. The molecule has 2 heterocycles. The van der Waals surface area contributed by atoms with E-state index in [4.69, 9.17) is 4.74 Å². The van der Waals surface area contributed by atoms with E-state index in [1.165, 1.54) is 19.4 Å². The maximum Gasteiger partial charge on any atom is 0.433 e. The van der Waals surface area contributed by atoms with Crippen LogP contribution < -0.4 is 19.7 Å². The minimum Gasteiger partial charge on any atom is -0.496 e. The first-order valence-electron chi connectivity index (χ1n) is 11.8. The summed E-state index contributed by atoms with van der Waals surface area (Å²) < 4.78 is 59.6. The topological polar surface area (TPSA) is 83.6 Å². The molecule has 1 aliphatic heterocycles. The molecule has 0 saturated carbocycles. The second-order valence-electron chi connectivity index (χ2n) is 9.13. The zero-order valence-electron chi connectivity index (χ0n) is 20.9. The average molecular weight is 527 g/mol. The Labute approximate surface area is 212 Å². The second kappa shape index (κ2) is 12.1. The lowest BCUT2D eigenvalue weighted by Gasteiger charge is -2.33. The van der Waals surface area contributed by atoms with E-state index in [1.54, 1.807) is 13.0 Å². The molecule has 1 fully saturated rings. The van der Waals surface area contributed by atoms with Crippen LogP contribution in [0.4, 0.5) is 19.0 Å². The number of pyridine rings is 1. The van der Waals surface area contributed by atoms with Crippen molar-refractivity contribution in [2.75, 3.05) is 31.4 Å². The summed E-state index contributed by atoms with van der Waals surface area (Å²) in [6.07, 6.45) is -1.25. The third kappa shape index (κ3) is 7.19. The maximum absolute atomic E-state index is 13.3. The molecule has 7 nitrogen and oxygen atoms in total.